The Bertz CT molecular complexity index is 246. The van der Waals surface area contributed by atoms with E-state index in [4.69, 9.17) is 14.2 Å². The van der Waals surface area contributed by atoms with Gasteiger partial charge in [-0.05, 0) is 53.4 Å². The van der Waals surface area contributed by atoms with Gasteiger partial charge in [0.2, 0.25) is 0 Å². The molecule has 0 aromatic rings. The largest absolute Gasteiger partial charge is 0.378 e. The fraction of sp³-hybridized carbons (Fsp3) is 1.00. The molecule has 0 aliphatic carbocycles. The molecule has 2 aliphatic heterocycles. The molecule has 2 aliphatic rings. The highest BCUT2D eigenvalue weighted by Gasteiger charge is 2.35. The van der Waals surface area contributed by atoms with Crippen LogP contribution >= 0.6 is 0 Å². The number of hydrogen-bond donors (Lipinski definition) is 0. The van der Waals surface area contributed by atoms with Crippen LogP contribution in [0.1, 0.15) is 66.2 Å². The first-order chi connectivity index (χ1) is 8.86. The van der Waals surface area contributed by atoms with E-state index in [1.54, 1.807) is 0 Å². The van der Waals surface area contributed by atoms with E-state index in [1.807, 2.05) is 0 Å². The van der Waals surface area contributed by atoms with E-state index in [0.29, 0.717) is 12.2 Å². The Morgan fingerprint density at radius 1 is 0.842 bits per heavy atom. The van der Waals surface area contributed by atoms with Crippen molar-refractivity contribution in [3.8, 4) is 0 Å². The highest BCUT2D eigenvalue weighted by Crippen LogP contribution is 2.32. The third-order valence-electron chi connectivity index (χ3n) is 4.04. The molecule has 2 rings (SSSR count). The van der Waals surface area contributed by atoms with Gasteiger partial charge in [-0.25, -0.2) is 0 Å². The maximum Gasteiger partial charge on any atom is 0.0658 e. The highest BCUT2D eigenvalue weighted by atomic mass is 16.5. The number of rotatable bonds is 6. The van der Waals surface area contributed by atoms with Crippen molar-refractivity contribution in [2.45, 2.75) is 89.6 Å². The van der Waals surface area contributed by atoms with Gasteiger partial charge in [-0.1, -0.05) is 0 Å². The molecule has 3 heteroatoms. The zero-order chi connectivity index (χ0) is 13.9. The van der Waals surface area contributed by atoms with Gasteiger partial charge in [-0.3, -0.25) is 0 Å². The summed E-state index contributed by atoms with van der Waals surface area (Å²) in [6.45, 7) is 10.6. The lowest BCUT2D eigenvalue weighted by molar-refractivity contribution is -0.151. The first kappa shape index (κ1) is 15.3. The van der Waals surface area contributed by atoms with Gasteiger partial charge < -0.3 is 14.2 Å². The minimum absolute atomic E-state index is 0.128. The lowest BCUT2D eigenvalue weighted by Crippen LogP contribution is -2.41. The molecule has 3 nitrogen and oxygen atoms in total. The van der Waals surface area contributed by atoms with Gasteiger partial charge >= 0.3 is 0 Å². The molecule has 0 radical (unpaired) electrons. The molecule has 0 amide bonds. The predicted octanol–water partition coefficient (Wildman–Crippen LogP) is 3.70. The number of ether oxygens (including phenoxy) is 3. The van der Waals surface area contributed by atoms with Crippen LogP contribution in [0.5, 0.6) is 0 Å². The van der Waals surface area contributed by atoms with Crippen molar-refractivity contribution in [1.29, 1.82) is 0 Å². The standard InChI is InChI=1S/C16H30O3/c1-15(2,11-13-7-5-9-17-13)19-16(3,4)12-14-8-6-10-18-14/h13-14H,5-12H2,1-4H3. The number of hydrogen-bond acceptors (Lipinski definition) is 3. The second-order valence-electron chi connectivity index (χ2n) is 7.30. The Balaban J connectivity index is 1.81. The molecule has 112 valence electrons. The second kappa shape index (κ2) is 6.11. The van der Waals surface area contributed by atoms with Crippen LogP contribution in [0.25, 0.3) is 0 Å². The summed E-state index contributed by atoms with van der Waals surface area (Å²) < 4.78 is 17.9. The lowest BCUT2D eigenvalue weighted by Gasteiger charge is -2.38. The summed E-state index contributed by atoms with van der Waals surface area (Å²) in [6.07, 6.45) is 7.49. The molecule has 2 atom stereocenters. The summed E-state index contributed by atoms with van der Waals surface area (Å²) in [4.78, 5) is 0. The molecule has 2 saturated heterocycles. The van der Waals surface area contributed by atoms with E-state index in [1.165, 1.54) is 25.7 Å². The molecule has 2 heterocycles. The van der Waals surface area contributed by atoms with Gasteiger partial charge in [0.25, 0.3) is 0 Å². The first-order valence-corrected chi connectivity index (χ1v) is 7.80. The van der Waals surface area contributed by atoms with E-state index in [0.717, 1.165) is 26.1 Å². The molecule has 0 aromatic carbocycles. The van der Waals surface area contributed by atoms with E-state index in [2.05, 4.69) is 27.7 Å². The van der Waals surface area contributed by atoms with Crippen molar-refractivity contribution in [1.82, 2.24) is 0 Å². The van der Waals surface area contributed by atoms with Crippen LogP contribution in [-0.2, 0) is 14.2 Å². The minimum Gasteiger partial charge on any atom is -0.378 e. The van der Waals surface area contributed by atoms with E-state index < -0.39 is 0 Å². The molecule has 0 bridgehead atoms. The molecular weight excluding hydrogens is 240 g/mol. The predicted molar refractivity (Wildman–Crippen MR) is 76.4 cm³/mol. The summed E-state index contributed by atoms with van der Waals surface area (Å²) in [5, 5.41) is 0. The average molecular weight is 270 g/mol. The fourth-order valence-corrected chi connectivity index (χ4v) is 3.54. The topological polar surface area (TPSA) is 27.7 Å². The summed E-state index contributed by atoms with van der Waals surface area (Å²) in [6, 6.07) is 0. The SMILES string of the molecule is CC(C)(CC1CCCO1)OC(C)(C)CC1CCCO1. The zero-order valence-corrected chi connectivity index (χ0v) is 13.0. The Hall–Kier alpha value is -0.120. The molecule has 0 N–H and O–H groups in total. The van der Waals surface area contributed by atoms with E-state index in [9.17, 15) is 0 Å². The van der Waals surface area contributed by atoms with E-state index in [-0.39, 0.29) is 11.2 Å². The van der Waals surface area contributed by atoms with Crippen LogP contribution in [0.2, 0.25) is 0 Å². The molecule has 0 aromatic heterocycles. The molecular formula is C16H30O3. The third-order valence-corrected chi connectivity index (χ3v) is 4.04. The summed E-state index contributed by atoms with van der Waals surface area (Å²) in [7, 11) is 0. The van der Waals surface area contributed by atoms with Gasteiger partial charge in [0.15, 0.2) is 0 Å². The van der Waals surface area contributed by atoms with E-state index >= 15 is 0 Å². The Labute approximate surface area is 118 Å². The molecule has 0 saturated carbocycles. The maximum atomic E-state index is 6.39. The molecule has 19 heavy (non-hydrogen) atoms. The van der Waals surface area contributed by atoms with Crippen molar-refractivity contribution in [2.24, 2.45) is 0 Å². The second-order valence-corrected chi connectivity index (χ2v) is 7.30. The van der Waals surface area contributed by atoms with Crippen molar-refractivity contribution in [2.75, 3.05) is 13.2 Å². The zero-order valence-electron chi connectivity index (χ0n) is 13.0. The smallest absolute Gasteiger partial charge is 0.0658 e. The van der Waals surface area contributed by atoms with Crippen LogP contribution in [0.4, 0.5) is 0 Å². The summed E-state index contributed by atoms with van der Waals surface area (Å²) in [5.74, 6) is 0. The Morgan fingerprint density at radius 3 is 1.58 bits per heavy atom. The van der Waals surface area contributed by atoms with Crippen LogP contribution in [0, 0.1) is 0 Å². The molecule has 0 spiro atoms. The van der Waals surface area contributed by atoms with Gasteiger partial charge in [-0.2, -0.15) is 0 Å². The van der Waals surface area contributed by atoms with Crippen LogP contribution in [0.3, 0.4) is 0 Å². The first-order valence-electron chi connectivity index (χ1n) is 7.80. The van der Waals surface area contributed by atoms with Gasteiger partial charge in [-0.15, -0.1) is 0 Å². The average Bonchev–Trinajstić information content (AvgIpc) is 2.87. The third kappa shape index (κ3) is 5.05. The van der Waals surface area contributed by atoms with Gasteiger partial charge in [0.1, 0.15) is 0 Å². The Morgan fingerprint density at radius 2 is 1.26 bits per heavy atom. The van der Waals surface area contributed by atoms with Crippen molar-refractivity contribution < 1.29 is 14.2 Å². The van der Waals surface area contributed by atoms with Crippen LogP contribution < -0.4 is 0 Å². The van der Waals surface area contributed by atoms with Gasteiger partial charge in [0.05, 0.1) is 23.4 Å². The maximum absolute atomic E-state index is 6.39. The lowest BCUT2D eigenvalue weighted by atomic mass is 9.94. The molecule has 2 unspecified atom stereocenters. The van der Waals surface area contributed by atoms with Crippen LogP contribution in [0.15, 0.2) is 0 Å². The van der Waals surface area contributed by atoms with Crippen molar-refractivity contribution in [3.63, 3.8) is 0 Å². The van der Waals surface area contributed by atoms with Crippen molar-refractivity contribution in [3.05, 3.63) is 0 Å². The fourth-order valence-electron chi connectivity index (χ4n) is 3.54. The normalized spacial score (nSPS) is 29.1. The highest BCUT2D eigenvalue weighted by molar-refractivity contribution is 4.84. The van der Waals surface area contributed by atoms with Gasteiger partial charge in [0, 0.05) is 26.1 Å². The minimum atomic E-state index is -0.128. The summed E-state index contributed by atoms with van der Waals surface area (Å²) in [5.41, 5.74) is -0.256. The van der Waals surface area contributed by atoms with Crippen molar-refractivity contribution >= 4 is 0 Å². The quantitative estimate of drug-likeness (QED) is 0.736. The summed E-state index contributed by atoms with van der Waals surface area (Å²) >= 11 is 0. The monoisotopic (exact) mass is 270 g/mol. The molecule has 2 fully saturated rings. The van der Waals surface area contributed by atoms with Crippen LogP contribution in [-0.4, -0.2) is 36.6 Å². The Kier molecular flexibility index (Phi) is 4.91.